The number of fused-ring (bicyclic) bond motifs is 1. The Morgan fingerprint density at radius 3 is 2.64 bits per heavy atom. The predicted octanol–water partition coefficient (Wildman–Crippen LogP) is 6.39. The van der Waals surface area contributed by atoms with Crippen molar-refractivity contribution >= 4 is 29.4 Å². The maximum atomic E-state index is 12.9. The highest BCUT2D eigenvalue weighted by atomic mass is 35.5. The number of halogens is 4. The third-order valence-corrected chi connectivity index (χ3v) is 5.93. The zero-order valence-electron chi connectivity index (χ0n) is 14.9. The first-order valence-electron chi connectivity index (χ1n) is 9.01. The van der Waals surface area contributed by atoms with Crippen LogP contribution in [0.5, 0.6) is 11.5 Å². The van der Waals surface area contributed by atoms with Crippen molar-refractivity contribution in [2.24, 2.45) is 4.40 Å². The van der Waals surface area contributed by atoms with Crippen LogP contribution in [0.4, 0.5) is 13.2 Å². The Kier molecular flexibility index (Phi) is 5.47. The summed E-state index contributed by atoms with van der Waals surface area (Å²) in [6, 6.07) is 10.5. The molecule has 1 saturated heterocycles. The molecule has 28 heavy (non-hydrogen) atoms. The smallest absolute Gasteiger partial charge is 0.416 e. The molecule has 2 aromatic rings. The van der Waals surface area contributed by atoms with Gasteiger partial charge in [-0.15, -0.1) is 0 Å². The Bertz CT molecular complexity index is 886. The molecule has 8 heteroatoms. The van der Waals surface area contributed by atoms with Gasteiger partial charge in [0.1, 0.15) is 17.3 Å². The molecule has 0 aromatic heterocycles. The van der Waals surface area contributed by atoms with E-state index in [1.807, 2.05) is 12.1 Å². The fourth-order valence-corrected chi connectivity index (χ4v) is 4.45. The molecule has 2 aliphatic rings. The summed E-state index contributed by atoms with van der Waals surface area (Å²) in [6.45, 7) is 2.07. The van der Waals surface area contributed by atoms with Gasteiger partial charge in [-0.3, -0.25) is 0 Å². The topological polar surface area (TPSA) is 24.8 Å². The van der Waals surface area contributed by atoms with Gasteiger partial charge in [0.25, 0.3) is 0 Å². The monoisotopic (exact) mass is 426 g/mol. The van der Waals surface area contributed by atoms with Crippen LogP contribution in [0.25, 0.3) is 0 Å². The maximum Gasteiger partial charge on any atom is 0.416 e. The standard InChI is InChI=1S/C20H18ClF3N2OS/c21-17-8-5-14(20(22,23)24)12-18(17)27-15-6-3-13(4-7-15)16-2-1-9-26-10-11-28-25-19(16)26/h3-8,12,16H,1-2,9-11H2. The van der Waals surface area contributed by atoms with E-state index in [2.05, 4.69) is 9.30 Å². The van der Waals surface area contributed by atoms with Crippen LogP contribution in [0.15, 0.2) is 46.9 Å². The van der Waals surface area contributed by atoms with Crippen LogP contribution in [0.2, 0.25) is 5.02 Å². The second-order valence-corrected chi connectivity index (χ2v) is 8.03. The molecule has 0 saturated carbocycles. The van der Waals surface area contributed by atoms with Crippen LogP contribution in [0, 0.1) is 0 Å². The largest absolute Gasteiger partial charge is 0.456 e. The average Bonchev–Trinajstić information content (AvgIpc) is 2.69. The lowest BCUT2D eigenvalue weighted by Crippen LogP contribution is -2.42. The van der Waals surface area contributed by atoms with Crippen LogP contribution < -0.4 is 4.74 Å². The van der Waals surface area contributed by atoms with E-state index >= 15 is 0 Å². The molecule has 3 nitrogen and oxygen atoms in total. The van der Waals surface area contributed by atoms with Gasteiger partial charge in [-0.05, 0) is 60.7 Å². The zero-order chi connectivity index (χ0) is 19.7. The first-order chi connectivity index (χ1) is 13.4. The third kappa shape index (κ3) is 4.10. The summed E-state index contributed by atoms with van der Waals surface area (Å²) in [5.41, 5.74) is 0.340. The van der Waals surface area contributed by atoms with Gasteiger partial charge in [0.15, 0.2) is 0 Å². The molecule has 2 heterocycles. The summed E-state index contributed by atoms with van der Waals surface area (Å²) in [5, 5.41) is 0.133. The Labute approximate surface area is 170 Å². The SMILES string of the molecule is FC(F)(F)c1ccc(Cl)c(Oc2ccc(C3CCCN4CCSN=C34)cc2)c1. The van der Waals surface area contributed by atoms with Crippen LogP contribution in [0.1, 0.15) is 29.9 Å². The summed E-state index contributed by atoms with van der Waals surface area (Å²) in [5.74, 6) is 2.81. The van der Waals surface area contributed by atoms with Gasteiger partial charge < -0.3 is 9.64 Å². The Morgan fingerprint density at radius 2 is 1.89 bits per heavy atom. The molecule has 0 amide bonds. The van der Waals surface area contributed by atoms with Crippen molar-refractivity contribution in [3.8, 4) is 11.5 Å². The van der Waals surface area contributed by atoms with E-state index in [0.717, 1.165) is 55.2 Å². The van der Waals surface area contributed by atoms with Crippen molar-refractivity contribution in [1.29, 1.82) is 0 Å². The lowest BCUT2D eigenvalue weighted by Gasteiger charge is -2.37. The first-order valence-corrected chi connectivity index (χ1v) is 10.3. The average molecular weight is 427 g/mol. The van der Waals surface area contributed by atoms with Gasteiger partial charge in [-0.25, -0.2) is 4.40 Å². The second kappa shape index (κ2) is 7.87. The number of alkyl halides is 3. The van der Waals surface area contributed by atoms with Crippen molar-refractivity contribution in [3.63, 3.8) is 0 Å². The minimum atomic E-state index is -4.45. The van der Waals surface area contributed by atoms with Gasteiger partial charge in [-0.1, -0.05) is 23.7 Å². The van der Waals surface area contributed by atoms with E-state index in [0.29, 0.717) is 5.75 Å². The number of hydrogen-bond acceptors (Lipinski definition) is 4. The fraction of sp³-hybridized carbons (Fsp3) is 0.350. The Morgan fingerprint density at radius 1 is 1.11 bits per heavy atom. The van der Waals surface area contributed by atoms with Crippen LogP contribution >= 0.6 is 23.5 Å². The second-order valence-electron chi connectivity index (χ2n) is 6.78. The number of amidine groups is 1. The van der Waals surface area contributed by atoms with Gasteiger partial charge in [0, 0.05) is 24.8 Å². The molecular weight excluding hydrogens is 409 g/mol. The molecule has 0 aliphatic carbocycles. The number of hydrogen-bond donors (Lipinski definition) is 0. The number of benzene rings is 2. The molecular formula is C20H18ClF3N2OS. The van der Waals surface area contributed by atoms with Gasteiger partial charge in [0.2, 0.25) is 0 Å². The van der Waals surface area contributed by atoms with Crippen molar-refractivity contribution in [3.05, 3.63) is 58.6 Å². The normalized spacial score (nSPS) is 19.8. The highest BCUT2D eigenvalue weighted by Gasteiger charge is 2.32. The van der Waals surface area contributed by atoms with Crippen molar-refractivity contribution in [2.45, 2.75) is 24.9 Å². The molecule has 1 unspecified atom stereocenters. The number of nitrogens with zero attached hydrogens (tertiary/aromatic N) is 2. The zero-order valence-corrected chi connectivity index (χ0v) is 16.4. The summed E-state index contributed by atoms with van der Waals surface area (Å²) < 4.78 is 49.0. The van der Waals surface area contributed by atoms with E-state index in [4.69, 9.17) is 16.3 Å². The fourth-order valence-electron chi connectivity index (χ4n) is 3.53. The van der Waals surface area contributed by atoms with E-state index in [1.54, 1.807) is 24.1 Å². The molecule has 0 N–H and O–H groups in total. The minimum Gasteiger partial charge on any atom is -0.456 e. The maximum absolute atomic E-state index is 12.9. The highest BCUT2D eigenvalue weighted by molar-refractivity contribution is 7.98. The van der Waals surface area contributed by atoms with Crippen LogP contribution in [-0.2, 0) is 6.18 Å². The number of piperidine rings is 1. The molecule has 2 aliphatic heterocycles. The quantitative estimate of drug-likeness (QED) is 0.531. The van der Waals surface area contributed by atoms with Crippen molar-refractivity contribution in [1.82, 2.24) is 4.90 Å². The summed E-state index contributed by atoms with van der Waals surface area (Å²) in [7, 11) is 0. The molecule has 0 radical (unpaired) electrons. The van der Waals surface area contributed by atoms with E-state index in [-0.39, 0.29) is 16.7 Å². The lowest BCUT2D eigenvalue weighted by atomic mass is 9.89. The van der Waals surface area contributed by atoms with E-state index in [9.17, 15) is 13.2 Å². The molecule has 1 atom stereocenters. The summed E-state index contributed by atoms with van der Waals surface area (Å²) >= 11 is 7.61. The first kappa shape index (κ1) is 19.5. The molecule has 1 fully saturated rings. The van der Waals surface area contributed by atoms with Gasteiger partial charge in [0.05, 0.1) is 10.6 Å². The molecule has 148 valence electrons. The highest BCUT2D eigenvalue weighted by Crippen LogP contribution is 2.38. The molecule has 0 bridgehead atoms. The van der Waals surface area contributed by atoms with E-state index < -0.39 is 11.7 Å². The number of ether oxygens (including phenoxy) is 1. The van der Waals surface area contributed by atoms with E-state index in [1.165, 1.54) is 6.07 Å². The number of rotatable bonds is 3. The van der Waals surface area contributed by atoms with Crippen molar-refractivity contribution < 1.29 is 17.9 Å². The third-order valence-electron chi connectivity index (χ3n) is 4.94. The summed E-state index contributed by atoms with van der Waals surface area (Å²) in [6.07, 6.45) is -2.29. The Balaban J connectivity index is 1.54. The molecule has 0 spiro atoms. The predicted molar refractivity (Wildman–Crippen MR) is 106 cm³/mol. The Hall–Kier alpha value is -1.86. The van der Waals surface area contributed by atoms with Crippen LogP contribution in [0.3, 0.4) is 0 Å². The van der Waals surface area contributed by atoms with Gasteiger partial charge in [-0.2, -0.15) is 13.2 Å². The molecule has 4 rings (SSSR count). The van der Waals surface area contributed by atoms with Gasteiger partial charge >= 0.3 is 6.18 Å². The van der Waals surface area contributed by atoms with Crippen LogP contribution in [-0.4, -0.2) is 29.6 Å². The summed E-state index contributed by atoms with van der Waals surface area (Å²) in [4.78, 5) is 2.34. The minimum absolute atomic E-state index is 0.0128. The molecule has 2 aromatic carbocycles. The lowest BCUT2D eigenvalue weighted by molar-refractivity contribution is -0.137. The van der Waals surface area contributed by atoms with Crippen molar-refractivity contribution in [2.75, 3.05) is 18.8 Å².